The van der Waals surface area contributed by atoms with Crippen molar-refractivity contribution in [3.8, 4) is 11.1 Å². The third-order valence-corrected chi connectivity index (χ3v) is 5.37. The number of amides is 2. The molecule has 0 saturated heterocycles. The molecule has 2 aromatic rings. The first-order valence-corrected chi connectivity index (χ1v) is 11.0. The number of hydrogen-bond donors (Lipinski definition) is 2. The van der Waals surface area contributed by atoms with E-state index in [1.165, 1.54) is 0 Å². The third-order valence-electron chi connectivity index (χ3n) is 5.37. The van der Waals surface area contributed by atoms with Crippen LogP contribution in [0, 0.1) is 0 Å². The summed E-state index contributed by atoms with van der Waals surface area (Å²) >= 11 is 0. The number of rotatable bonds is 9. The normalized spacial score (nSPS) is 12.1. The smallest absolute Gasteiger partial charge is 0.305 e. The van der Waals surface area contributed by atoms with Crippen LogP contribution >= 0.6 is 0 Å². The van der Waals surface area contributed by atoms with Crippen LogP contribution < -0.4 is 10.6 Å². The van der Waals surface area contributed by atoms with E-state index in [4.69, 9.17) is 4.74 Å². The van der Waals surface area contributed by atoms with Crippen LogP contribution in [0.15, 0.2) is 36.4 Å². The zero-order valence-electron chi connectivity index (χ0n) is 18.4. The molecule has 1 aliphatic carbocycles. The maximum Gasteiger partial charge on any atom is 0.305 e. The fourth-order valence-corrected chi connectivity index (χ4v) is 3.87. The molecule has 0 bridgehead atoms. The first-order chi connectivity index (χ1) is 15.0. The van der Waals surface area contributed by atoms with Gasteiger partial charge >= 0.3 is 5.97 Å². The van der Waals surface area contributed by atoms with Crippen LogP contribution in [0.4, 0.5) is 11.4 Å². The minimum absolute atomic E-state index is 0.0205. The molecule has 0 heterocycles. The van der Waals surface area contributed by atoms with E-state index in [9.17, 15) is 14.4 Å². The summed E-state index contributed by atoms with van der Waals surface area (Å²) in [7, 11) is 0. The second-order valence-electron chi connectivity index (χ2n) is 7.79. The number of ether oxygens (including phenoxy) is 1. The van der Waals surface area contributed by atoms with Gasteiger partial charge in [-0.05, 0) is 59.4 Å². The van der Waals surface area contributed by atoms with Gasteiger partial charge in [-0.2, -0.15) is 0 Å². The van der Waals surface area contributed by atoms with Gasteiger partial charge in [0.05, 0.1) is 0 Å². The zero-order valence-corrected chi connectivity index (χ0v) is 18.4. The van der Waals surface area contributed by atoms with E-state index >= 15 is 0 Å². The Morgan fingerprint density at radius 3 is 1.71 bits per heavy atom. The lowest BCUT2D eigenvalue weighted by atomic mass is 9.97. The van der Waals surface area contributed by atoms with Crippen molar-refractivity contribution in [1.82, 2.24) is 0 Å². The standard InChI is InChI=1S/C25H30N2O4/c1-4-7-23(28)26-16-9-11-18-19-12-10-17(27-24(29)8-5-2)14-21(19)22(20(18)13-16)15-31-25(30)6-3/h9-14,22H,4-8,15H2,1-3H3,(H,26,28)(H,27,29). The molecule has 0 unspecified atom stereocenters. The van der Waals surface area contributed by atoms with E-state index in [1.54, 1.807) is 6.92 Å². The van der Waals surface area contributed by atoms with E-state index in [1.807, 2.05) is 50.2 Å². The van der Waals surface area contributed by atoms with Gasteiger partial charge in [-0.15, -0.1) is 0 Å². The van der Waals surface area contributed by atoms with Crippen molar-refractivity contribution in [2.75, 3.05) is 17.2 Å². The van der Waals surface area contributed by atoms with Crippen molar-refractivity contribution < 1.29 is 19.1 Å². The Balaban J connectivity index is 1.94. The Labute approximate surface area is 183 Å². The molecule has 2 aromatic carbocycles. The number of benzene rings is 2. The molecule has 0 saturated carbocycles. The molecule has 0 radical (unpaired) electrons. The number of fused-ring (bicyclic) bond motifs is 3. The molecule has 2 N–H and O–H groups in total. The first-order valence-electron chi connectivity index (χ1n) is 11.0. The van der Waals surface area contributed by atoms with Crippen molar-refractivity contribution in [2.45, 2.75) is 58.8 Å². The molecule has 6 heteroatoms. The minimum atomic E-state index is -0.255. The van der Waals surface area contributed by atoms with Crippen molar-refractivity contribution >= 4 is 29.2 Å². The van der Waals surface area contributed by atoms with Crippen molar-refractivity contribution in [3.05, 3.63) is 47.5 Å². The largest absolute Gasteiger partial charge is 0.465 e. The van der Waals surface area contributed by atoms with Crippen molar-refractivity contribution in [3.63, 3.8) is 0 Å². The highest BCUT2D eigenvalue weighted by Gasteiger charge is 2.30. The number of esters is 1. The van der Waals surface area contributed by atoms with Crippen molar-refractivity contribution in [1.29, 1.82) is 0 Å². The van der Waals surface area contributed by atoms with E-state index in [-0.39, 0.29) is 30.3 Å². The van der Waals surface area contributed by atoms with Crippen LogP contribution in [0.5, 0.6) is 0 Å². The zero-order chi connectivity index (χ0) is 22.4. The predicted octanol–water partition coefficient (Wildman–Crippen LogP) is 5.23. The average Bonchev–Trinajstić information content (AvgIpc) is 3.04. The summed E-state index contributed by atoms with van der Waals surface area (Å²) < 4.78 is 5.49. The average molecular weight is 423 g/mol. The molecule has 3 rings (SSSR count). The molecule has 0 aliphatic heterocycles. The number of anilines is 2. The Bertz CT molecular complexity index is 914. The van der Waals surface area contributed by atoms with E-state index in [0.29, 0.717) is 19.3 Å². The molecule has 164 valence electrons. The maximum atomic E-state index is 12.0. The number of nitrogens with one attached hydrogen (secondary N) is 2. The van der Waals surface area contributed by atoms with Crippen LogP contribution in [0.3, 0.4) is 0 Å². The monoisotopic (exact) mass is 422 g/mol. The van der Waals surface area contributed by atoms with E-state index in [2.05, 4.69) is 10.6 Å². The number of hydrogen-bond acceptors (Lipinski definition) is 4. The van der Waals surface area contributed by atoms with Gasteiger partial charge in [-0.25, -0.2) is 0 Å². The number of carbonyl (C=O) groups excluding carboxylic acids is 3. The summed E-state index contributed by atoms with van der Waals surface area (Å²) in [5, 5.41) is 5.89. The highest BCUT2D eigenvalue weighted by atomic mass is 16.5. The summed E-state index contributed by atoms with van der Waals surface area (Å²) in [6.45, 7) is 5.91. The first kappa shape index (κ1) is 22.5. The fourth-order valence-electron chi connectivity index (χ4n) is 3.87. The molecule has 0 spiro atoms. The lowest BCUT2D eigenvalue weighted by molar-refractivity contribution is -0.143. The quantitative estimate of drug-likeness (QED) is 0.542. The summed E-state index contributed by atoms with van der Waals surface area (Å²) in [6, 6.07) is 11.7. The molecule has 0 atom stereocenters. The van der Waals surface area contributed by atoms with Gasteiger partial charge < -0.3 is 15.4 Å². The van der Waals surface area contributed by atoms with E-state index < -0.39 is 0 Å². The van der Waals surface area contributed by atoms with Gasteiger partial charge in [-0.3, -0.25) is 14.4 Å². The highest BCUT2D eigenvalue weighted by molar-refractivity contribution is 5.93. The van der Waals surface area contributed by atoms with Crippen LogP contribution in [0.1, 0.15) is 69.9 Å². The van der Waals surface area contributed by atoms with Gasteiger partial charge in [0.15, 0.2) is 0 Å². The van der Waals surface area contributed by atoms with Crippen LogP contribution in [0.2, 0.25) is 0 Å². The van der Waals surface area contributed by atoms with Crippen LogP contribution in [0.25, 0.3) is 11.1 Å². The van der Waals surface area contributed by atoms with Gasteiger partial charge in [0.2, 0.25) is 11.8 Å². The molecule has 6 nitrogen and oxygen atoms in total. The topological polar surface area (TPSA) is 84.5 Å². The SMILES string of the molecule is CCCC(=O)Nc1ccc2c(c1)C(COC(=O)CC)c1cc(NC(=O)CCC)ccc1-2. The predicted molar refractivity (Wildman–Crippen MR) is 122 cm³/mol. The van der Waals surface area contributed by atoms with Gasteiger partial charge in [0.1, 0.15) is 6.61 Å². The molecule has 31 heavy (non-hydrogen) atoms. The molecule has 0 fully saturated rings. The van der Waals surface area contributed by atoms with Crippen molar-refractivity contribution in [2.24, 2.45) is 0 Å². The second kappa shape index (κ2) is 10.2. The molecule has 0 aromatic heterocycles. The minimum Gasteiger partial charge on any atom is -0.465 e. The lowest BCUT2D eigenvalue weighted by Crippen LogP contribution is -2.14. The molecular formula is C25H30N2O4. The Morgan fingerprint density at radius 1 is 0.806 bits per heavy atom. The summed E-state index contributed by atoms with van der Waals surface area (Å²) in [6.07, 6.45) is 2.81. The van der Waals surface area contributed by atoms with E-state index in [0.717, 1.165) is 46.5 Å². The maximum absolute atomic E-state index is 12.0. The van der Waals surface area contributed by atoms with Gasteiger partial charge in [-0.1, -0.05) is 32.9 Å². The summed E-state index contributed by atoms with van der Waals surface area (Å²) in [4.78, 5) is 35.9. The number of carbonyl (C=O) groups is 3. The van der Waals surface area contributed by atoms with Gasteiger partial charge in [0, 0.05) is 36.6 Å². The lowest BCUT2D eigenvalue weighted by Gasteiger charge is -2.16. The fraction of sp³-hybridized carbons (Fsp3) is 0.400. The van der Waals surface area contributed by atoms with Crippen LogP contribution in [-0.4, -0.2) is 24.4 Å². The van der Waals surface area contributed by atoms with Crippen LogP contribution in [-0.2, 0) is 19.1 Å². The molecule has 1 aliphatic rings. The Morgan fingerprint density at radius 2 is 1.29 bits per heavy atom. The van der Waals surface area contributed by atoms with Gasteiger partial charge in [0.25, 0.3) is 0 Å². The summed E-state index contributed by atoms with van der Waals surface area (Å²) in [5.41, 5.74) is 5.57. The molecular weight excluding hydrogens is 392 g/mol. The Hall–Kier alpha value is -3.15. The third kappa shape index (κ3) is 5.32. The molecule has 2 amide bonds. The second-order valence-corrected chi connectivity index (χ2v) is 7.79. The Kier molecular flexibility index (Phi) is 7.45. The highest BCUT2D eigenvalue weighted by Crippen LogP contribution is 2.46. The summed E-state index contributed by atoms with van der Waals surface area (Å²) in [5.74, 6) is -0.456.